The minimum absolute atomic E-state index is 0.662. The molecule has 2 heterocycles. The Morgan fingerprint density at radius 2 is 0.804 bits per heavy atom. The molecule has 214 valence electrons. The molecule has 0 saturated heterocycles. The molecule has 7 aromatic carbocycles. The van der Waals surface area contributed by atoms with E-state index in [0.29, 0.717) is 5.56 Å². The van der Waals surface area contributed by atoms with Gasteiger partial charge in [-0.1, -0.05) is 97.1 Å². The van der Waals surface area contributed by atoms with E-state index < -0.39 is 0 Å². The predicted molar refractivity (Wildman–Crippen MR) is 191 cm³/mol. The maximum atomic E-state index is 10.4. The van der Waals surface area contributed by atoms with Crippen molar-refractivity contribution in [2.45, 2.75) is 0 Å². The van der Waals surface area contributed by atoms with Crippen molar-refractivity contribution in [1.29, 1.82) is 5.26 Å². The summed E-state index contributed by atoms with van der Waals surface area (Å²) in [5.41, 5.74) is 11.7. The summed E-state index contributed by atoms with van der Waals surface area (Å²) in [6.07, 6.45) is 0. The van der Waals surface area contributed by atoms with Gasteiger partial charge in [0.1, 0.15) is 0 Å². The summed E-state index contributed by atoms with van der Waals surface area (Å²) >= 11 is 0. The average molecular weight is 586 g/mol. The first kappa shape index (κ1) is 26.1. The van der Waals surface area contributed by atoms with Crippen molar-refractivity contribution in [2.24, 2.45) is 0 Å². The molecule has 2 aromatic heterocycles. The molecule has 9 rings (SSSR count). The van der Waals surface area contributed by atoms with Gasteiger partial charge in [-0.15, -0.1) is 0 Å². The van der Waals surface area contributed by atoms with Crippen molar-refractivity contribution in [3.63, 3.8) is 0 Å². The Balaban J connectivity index is 1.17. The summed E-state index contributed by atoms with van der Waals surface area (Å²) in [5, 5.41) is 15.1. The Labute approximate surface area is 266 Å². The number of benzene rings is 7. The van der Waals surface area contributed by atoms with Gasteiger partial charge in [-0.25, -0.2) is 0 Å². The standard InChI is InChI=1S/C43H27N3/c44-28-32-25-29(30-20-23-42-38(26-30)36-15-7-9-17-40(36)45(42)33-11-3-1-4-12-33)19-22-35(32)31-21-24-43-39(27-31)37-16-8-10-18-41(37)46(43)34-13-5-2-6-14-34/h1-27H. The number of hydrogen-bond acceptors (Lipinski definition) is 1. The maximum Gasteiger partial charge on any atom is 0.0998 e. The Morgan fingerprint density at radius 3 is 1.37 bits per heavy atom. The van der Waals surface area contributed by atoms with Crippen molar-refractivity contribution in [1.82, 2.24) is 9.13 Å². The first-order valence-corrected chi connectivity index (χ1v) is 15.5. The highest BCUT2D eigenvalue weighted by atomic mass is 15.0. The highest BCUT2D eigenvalue weighted by Gasteiger charge is 2.16. The van der Waals surface area contributed by atoms with E-state index >= 15 is 0 Å². The fourth-order valence-electron chi connectivity index (χ4n) is 7.07. The number of nitriles is 1. The molecule has 0 aliphatic carbocycles. The van der Waals surface area contributed by atoms with Crippen LogP contribution in [-0.4, -0.2) is 9.13 Å². The SMILES string of the molecule is N#Cc1cc(-c2ccc3c(c2)c2ccccc2n3-c2ccccc2)ccc1-c1ccc2c(c1)c1ccccc1n2-c1ccccc1. The molecule has 0 spiro atoms. The van der Waals surface area contributed by atoms with Crippen LogP contribution in [0.2, 0.25) is 0 Å². The van der Waals surface area contributed by atoms with Crippen LogP contribution in [0.1, 0.15) is 5.56 Å². The van der Waals surface area contributed by atoms with E-state index in [1.165, 1.54) is 32.6 Å². The largest absolute Gasteiger partial charge is 0.309 e. The van der Waals surface area contributed by atoms with Gasteiger partial charge in [0.25, 0.3) is 0 Å². The van der Waals surface area contributed by atoms with Crippen molar-refractivity contribution in [3.8, 4) is 39.7 Å². The number of rotatable bonds is 4. The molecule has 46 heavy (non-hydrogen) atoms. The summed E-state index contributed by atoms with van der Waals surface area (Å²) < 4.78 is 4.64. The van der Waals surface area contributed by atoms with Gasteiger partial charge in [0.15, 0.2) is 0 Å². The first-order chi connectivity index (χ1) is 22.8. The van der Waals surface area contributed by atoms with Crippen LogP contribution in [0, 0.1) is 11.3 Å². The highest BCUT2D eigenvalue weighted by Crippen LogP contribution is 2.38. The molecule has 0 aliphatic heterocycles. The predicted octanol–water partition coefficient (Wildman–Crippen LogP) is 11.1. The van der Waals surface area contributed by atoms with E-state index in [1.807, 2.05) is 18.2 Å². The Morgan fingerprint density at radius 1 is 0.370 bits per heavy atom. The zero-order chi connectivity index (χ0) is 30.6. The van der Waals surface area contributed by atoms with E-state index in [9.17, 15) is 5.26 Å². The van der Waals surface area contributed by atoms with E-state index in [-0.39, 0.29) is 0 Å². The van der Waals surface area contributed by atoms with Crippen LogP contribution in [0.25, 0.3) is 77.2 Å². The molecule has 0 unspecified atom stereocenters. The molecule has 0 N–H and O–H groups in total. The monoisotopic (exact) mass is 585 g/mol. The van der Waals surface area contributed by atoms with Crippen LogP contribution < -0.4 is 0 Å². The molecule has 0 atom stereocenters. The van der Waals surface area contributed by atoms with Gasteiger partial charge in [0.2, 0.25) is 0 Å². The molecule has 9 aromatic rings. The Hall–Kier alpha value is -6.37. The van der Waals surface area contributed by atoms with Crippen molar-refractivity contribution >= 4 is 43.6 Å². The number of para-hydroxylation sites is 4. The molecule has 0 saturated carbocycles. The van der Waals surface area contributed by atoms with Gasteiger partial charge < -0.3 is 9.13 Å². The minimum atomic E-state index is 0.662. The lowest BCUT2D eigenvalue weighted by Gasteiger charge is -2.11. The van der Waals surface area contributed by atoms with Crippen LogP contribution in [0.5, 0.6) is 0 Å². The van der Waals surface area contributed by atoms with E-state index in [1.54, 1.807) is 0 Å². The van der Waals surface area contributed by atoms with Gasteiger partial charge >= 0.3 is 0 Å². The summed E-state index contributed by atoms with van der Waals surface area (Å²) in [5.74, 6) is 0. The van der Waals surface area contributed by atoms with Gasteiger partial charge in [0.05, 0.1) is 33.7 Å². The third kappa shape index (κ3) is 3.98. The molecule has 0 amide bonds. The van der Waals surface area contributed by atoms with Gasteiger partial charge in [-0.05, 0) is 89.0 Å². The van der Waals surface area contributed by atoms with Crippen molar-refractivity contribution < 1.29 is 0 Å². The molecule has 0 aliphatic rings. The second-order valence-electron chi connectivity index (χ2n) is 11.7. The number of aromatic nitrogens is 2. The van der Waals surface area contributed by atoms with Crippen LogP contribution >= 0.6 is 0 Å². The molecule has 0 radical (unpaired) electrons. The fourth-order valence-corrected chi connectivity index (χ4v) is 7.07. The zero-order valence-corrected chi connectivity index (χ0v) is 24.9. The Kier molecular flexibility index (Phi) is 5.88. The average Bonchev–Trinajstić information content (AvgIpc) is 3.64. The lowest BCUT2D eigenvalue weighted by Crippen LogP contribution is -1.93. The second-order valence-corrected chi connectivity index (χ2v) is 11.7. The number of nitrogens with zero attached hydrogens (tertiary/aromatic N) is 3. The zero-order valence-electron chi connectivity index (χ0n) is 24.9. The lowest BCUT2D eigenvalue weighted by molar-refractivity contribution is 1.18. The lowest BCUT2D eigenvalue weighted by atomic mass is 9.94. The van der Waals surface area contributed by atoms with Gasteiger partial charge in [0, 0.05) is 32.9 Å². The first-order valence-electron chi connectivity index (χ1n) is 15.5. The summed E-state index contributed by atoms with van der Waals surface area (Å²) in [7, 11) is 0. The van der Waals surface area contributed by atoms with Crippen LogP contribution in [0.3, 0.4) is 0 Å². The molecule has 3 nitrogen and oxygen atoms in total. The normalized spacial score (nSPS) is 11.5. The van der Waals surface area contributed by atoms with Crippen LogP contribution in [-0.2, 0) is 0 Å². The second kappa shape index (κ2) is 10.4. The number of fused-ring (bicyclic) bond motifs is 6. The van der Waals surface area contributed by atoms with Crippen LogP contribution in [0.15, 0.2) is 164 Å². The summed E-state index contributed by atoms with van der Waals surface area (Å²) in [6.45, 7) is 0. The Bertz CT molecular complexity index is 2630. The number of hydrogen-bond donors (Lipinski definition) is 0. The van der Waals surface area contributed by atoms with Crippen LogP contribution in [0.4, 0.5) is 0 Å². The highest BCUT2D eigenvalue weighted by molar-refractivity contribution is 6.11. The fraction of sp³-hybridized carbons (Fsp3) is 0. The van der Waals surface area contributed by atoms with Crippen molar-refractivity contribution in [3.05, 3.63) is 169 Å². The third-order valence-electron chi connectivity index (χ3n) is 9.16. The van der Waals surface area contributed by atoms with Gasteiger partial charge in [-0.3, -0.25) is 0 Å². The topological polar surface area (TPSA) is 33.6 Å². The summed E-state index contributed by atoms with van der Waals surface area (Å²) in [4.78, 5) is 0. The molecule has 3 heteroatoms. The third-order valence-corrected chi connectivity index (χ3v) is 9.16. The molecule has 0 bridgehead atoms. The van der Waals surface area contributed by atoms with Crippen molar-refractivity contribution in [2.75, 3.05) is 0 Å². The smallest absolute Gasteiger partial charge is 0.0998 e. The summed E-state index contributed by atoms with van der Waals surface area (Å²) in [6, 6.07) is 60.0. The minimum Gasteiger partial charge on any atom is -0.309 e. The molecular weight excluding hydrogens is 558 g/mol. The van der Waals surface area contributed by atoms with E-state index in [2.05, 4.69) is 161 Å². The van der Waals surface area contributed by atoms with E-state index in [4.69, 9.17) is 0 Å². The molecular formula is C43H27N3. The van der Waals surface area contributed by atoms with E-state index in [0.717, 1.165) is 44.7 Å². The molecule has 0 fully saturated rings. The maximum absolute atomic E-state index is 10.4. The van der Waals surface area contributed by atoms with Gasteiger partial charge in [-0.2, -0.15) is 5.26 Å². The quantitative estimate of drug-likeness (QED) is 0.202.